The van der Waals surface area contributed by atoms with Crippen molar-refractivity contribution in [1.29, 1.82) is 0 Å². The van der Waals surface area contributed by atoms with E-state index in [4.69, 9.17) is 20.9 Å². The second-order valence-electron chi connectivity index (χ2n) is 8.73. The monoisotopic (exact) mass is 457 g/mol. The Balaban J connectivity index is 1.46. The molecule has 1 fully saturated rings. The molecule has 2 aromatic carbocycles. The lowest BCUT2D eigenvalue weighted by molar-refractivity contribution is -0.148. The topological polar surface area (TPSA) is 118 Å². The maximum Gasteiger partial charge on any atom is 0.325 e. The van der Waals surface area contributed by atoms with Crippen molar-refractivity contribution in [3.8, 4) is 22.6 Å². The Morgan fingerprint density at radius 3 is 2.38 bits per heavy atom. The summed E-state index contributed by atoms with van der Waals surface area (Å²) in [6, 6.07) is 17.7. The minimum atomic E-state index is -0.931. The standard InChI is InChI=1S/C26H27N5O3/c1-33-25(32)26(28)13-11-18(12-14-26)31-15-21(22-23(27)29-16-30-24(22)31)17-7-9-20(10-8-17)34-19-5-3-2-4-6-19/h2-10,15-16,18H,11-14,28H2,1H3,(H2,27,29,30). The van der Waals surface area contributed by atoms with Gasteiger partial charge in [0.1, 0.15) is 34.8 Å². The molecule has 0 amide bonds. The van der Waals surface area contributed by atoms with Crippen molar-refractivity contribution < 1.29 is 14.3 Å². The Labute approximate surface area is 197 Å². The largest absolute Gasteiger partial charge is 0.468 e. The van der Waals surface area contributed by atoms with Crippen molar-refractivity contribution in [1.82, 2.24) is 14.5 Å². The van der Waals surface area contributed by atoms with E-state index in [1.165, 1.54) is 13.4 Å². The van der Waals surface area contributed by atoms with Crippen LogP contribution < -0.4 is 16.2 Å². The Morgan fingerprint density at radius 1 is 1.03 bits per heavy atom. The number of carbonyl (C=O) groups is 1. The molecule has 0 spiro atoms. The van der Waals surface area contributed by atoms with Gasteiger partial charge in [-0.2, -0.15) is 0 Å². The smallest absolute Gasteiger partial charge is 0.325 e. The number of nitrogens with zero attached hydrogens (tertiary/aromatic N) is 3. The highest BCUT2D eigenvalue weighted by atomic mass is 16.5. The summed E-state index contributed by atoms with van der Waals surface area (Å²) in [6.45, 7) is 0. The van der Waals surface area contributed by atoms with Gasteiger partial charge in [-0.25, -0.2) is 9.97 Å². The number of hydrogen-bond donors (Lipinski definition) is 2. The fourth-order valence-corrected chi connectivity index (χ4v) is 4.74. The summed E-state index contributed by atoms with van der Waals surface area (Å²) in [4.78, 5) is 20.9. The lowest BCUT2D eigenvalue weighted by Crippen LogP contribution is -2.51. The van der Waals surface area contributed by atoms with Gasteiger partial charge in [-0.15, -0.1) is 0 Å². The minimum Gasteiger partial charge on any atom is -0.468 e. The summed E-state index contributed by atoms with van der Waals surface area (Å²) in [5.74, 6) is 1.61. The van der Waals surface area contributed by atoms with Crippen LogP contribution in [0.2, 0.25) is 0 Å². The van der Waals surface area contributed by atoms with Gasteiger partial charge in [-0.3, -0.25) is 4.79 Å². The maximum atomic E-state index is 12.1. The number of nitrogen functional groups attached to an aromatic ring is 1. The maximum absolute atomic E-state index is 12.1. The summed E-state index contributed by atoms with van der Waals surface area (Å²) in [5, 5.41) is 0.816. The number of nitrogens with two attached hydrogens (primary N) is 2. The van der Waals surface area contributed by atoms with E-state index in [2.05, 4.69) is 20.7 Å². The third-order valence-corrected chi connectivity index (χ3v) is 6.62. The first-order chi connectivity index (χ1) is 16.5. The van der Waals surface area contributed by atoms with Crippen molar-refractivity contribution in [3.05, 3.63) is 67.1 Å². The van der Waals surface area contributed by atoms with Gasteiger partial charge < -0.3 is 25.5 Å². The Bertz CT molecular complexity index is 1310. The minimum absolute atomic E-state index is 0.146. The molecule has 1 aliphatic rings. The molecule has 1 saturated carbocycles. The summed E-state index contributed by atoms with van der Waals surface area (Å²) >= 11 is 0. The van der Waals surface area contributed by atoms with Crippen molar-refractivity contribution in [3.63, 3.8) is 0 Å². The normalized spacial score (nSPS) is 20.2. The highest BCUT2D eigenvalue weighted by Gasteiger charge is 2.40. The summed E-state index contributed by atoms with van der Waals surface area (Å²) < 4.78 is 13.0. The van der Waals surface area contributed by atoms with Gasteiger partial charge >= 0.3 is 5.97 Å². The van der Waals surface area contributed by atoms with Crippen molar-refractivity contribution in [2.75, 3.05) is 12.8 Å². The van der Waals surface area contributed by atoms with E-state index < -0.39 is 5.54 Å². The number of hydrogen-bond acceptors (Lipinski definition) is 7. The van der Waals surface area contributed by atoms with Gasteiger partial charge in [0, 0.05) is 17.8 Å². The first-order valence-corrected chi connectivity index (χ1v) is 11.3. The van der Waals surface area contributed by atoms with Crippen LogP contribution in [0, 0.1) is 0 Å². The summed E-state index contributed by atoms with van der Waals surface area (Å²) in [5.41, 5.74) is 14.4. The quantitative estimate of drug-likeness (QED) is 0.425. The van der Waals surface area contributed by atoms with Gasteiger partial charge in [0.15, 0.2) is 0 Å². The number of carbonyl (C=O) groups excluding carboxylic acids is 1. The van der Waals surface area contributed by atoms with Crippen LogP contribution in [0.5, 0.6) is 11.5 Å². The average Bonchev–Trinajstić information content (AvgIpc) is 3.26. The zero-order chi connectivity index (χ0) is 23.7. The predicted octanol–water partition coefficient (Wildman–Crippen LogP) is 4.46. The Hall–Kier alpha value is -3.91. The van der Waals surface area contributed by atoms with Gasteiger partial charge in [0.25, 0.3) is 0 Å². The molecular formula is C26H27N5O3. The molecule has 1 aliphatic carbocycles. The number of methoxy groups -OCH3 is 1. The number of rotatable bonds is 5. The van der Waals surface area contributed by atoms with Crippen LogP contribution in [0.25, 0.3) is 22.2 Å². The van der Waals surface area contributed by atoms with Gasteiger partial charge in [-0.05, 0) is 55.5 Å². The van der Waals surface area contributed by atoms with Crippen LogP contribution >= 0.6 is 0 Å². The fourth-order valence-electron chi connectivity index (χ4n) is 4.74. The SMILES string of the molecule is COC(=O)C1(N)CCC(n2cc(-c3ccc(Oc4ccccc4)cc3)c3c(N)ncnc32)CC1. The summed E-state index contributed by atoms with van der Waals surface area (Å²) in [7, 11) is 1.38. The molecule has 0 saturated heterocycles. The fraction of sp³-hybridized carbons (Fsp3) is 0.269. The van der Waals surface area contributed by atoms with Gasteiger partial charge in [0.05, 0.1) is 12.5 Å². The third-order valence-electron chi connectivity index (χ3n) is 6.62. The molecule has 8 nitrogen and oxygen atoms in total. The number of aromatic nitrogens is 3. The first-order valence-electron chi connectivity index (χ1n) is 11.3. The van der Waals surface area contributed by atoms with E-state index in [-0.39, 0.29) is 12.0 Å². The zero-order valence-electron chi connectivity index (χ0n) is 19.0. The lowest BCUT2D eigenvalue weighted by atomic mass is 9.80. The van der Waals surface area contributed by atoms with Gasteiger partial charge in [0.2, 0.25) is 0 Å². The highest BCUT2D eigenvalue weighted by Crippen LogP contribution is 2.40. The molecule has 5 rings (SSSR count). The Morgan fingerprint density at radius 2 is 1.71 bits per heavy atom. The second-order valence-corrected chi connectivity index (χ2v) is 8.73. The van der Waals surface area contributed by atoms with E-state index in [1.54, 1.807) is 0 Å². The molecule has 0 atom stereocenters. The van der Waals surface area contributed by atoms with Crippen molar-refractivity contribution >= 4 is 22.8 Å². The molecule has 0 unspecified atom stereocenters. The molecular weight excluding hydrogens is 430 g/mol. The average molecular weight is 458 g/mol. The number of fused-ring (bicyclic) bond motifs is 1. The van der Waals surface area contributed by atoms with Gasteiger partial charge in [-0.1, -0.05) is 30.3 Å². The van der Waals surface area contributed by atoms with Crippen LogP contribution in [0.1, 0.15) is 31.7 Å². The zero-order valence-corrected chi connectivity index (χ0v) is 19.0. The van der Waals surface area contributed by atoms with Crippen LogP contribution in [-0.2, 0) is 9.53 Å². The molecule has 0 bridgehead atoms. The molecule has 4 N–H and O–H groups in total. The van der Waals surface area contributed by atoms with Crippen LogP contribution in [0.15, 0.2) is 67.1 Å². The van der Waals surface area contributed by atoms with E-state index in [0.29, 0.717) is 18.7 Å². The molecule has 4 aromatic rings. The van der Waals surface area contributed by atoms with E-state index in [0.717, 1.165) is 46.5 Å². The first kappa shape index (κ1) is 21.9. The highest BCUT2D eigenvalue weighted by molar-refractivity contribution is 6.00. The van der Waals surface area contributed by atoms with Crippen molar-refractivity contribution in [2.45, 2.75) is 37.3 Å². The Kier molecular flexibility index (Phi) is 5.67. The molecule has 0 aliphatic heterocycles. The van der Waals surface area contributed by atoms with Crippen LogP contribution in [-0.4, -0.2) is 33.2 Å². The third kappa shape index (κ3) is 3.97. The number of anilines is 1. The number of benzene rings is 2. The predicted molar refractivity (Wildman–Crippen MR) is 130 cm³/mol. The molecule has 2 aromatic heterocycles. The van der Waals surface area contributed by atoms with Crippen molar-refractivity contribution in [2.24, 2.45) is 5.73 Å². The lowest BCUT2D eigenvalue weighted by Gasteiger charge is -2.35. The summed E-state index contributed by atoms with van der Waals surface area (Å²) in [6.07, 6.45) is 6.14. The molecule has 8 heteroatoms. The molecule has 2 heterocycles. The van der Waals surface area contributed by atoms with E-state index in [1.807, 2.05) is 54.6 Å². The number of esters is 1. The number of ether oxygens (including phenoxy) is 2. The molecule has 0 radical (unpaired) electrons. The molecule has 174 valence electrons. The molecule has 34 heavy (non-hydrogen) atoms. The van der Waals surface area contributed by atoms with E-state index in [9.17, 15) is 4.79 Å². The van der Waals surface area contributed by atoms with E-state index >= 15 is 0 Å². The number of para-hydroxylation sites is 1. The second kappa shape index (κ2) is 8.79. The van der Waals surface area contributed by atoms with Crippen LogP contribution in [0.3, 0.4) is 0 Å². The van der Waals surface area contributed by atoms with Crippen LogP contribution in [0.4, 0.5) is 5.82 Å².